The molecular formula is C13H10FN3O5. The number of carbonyl (C=O) groups excluding carboxylic acids is 1. The summed E-state index contributed by atoms with van der Waals surface area (Å²) in [6.45, 7) is -0.318. The number of nitrogens with one attached hydrogen (secondary N) is 1. The molecule has 0 aliphatic carbocycles. The summed E-state index contributed by atoms with van der Waals surface area (Å²) in [4.78, 5) is 21.1. The maximum absolute atomic E-state index is 12.7. The van der Waals surface area contributed by atoms with E-state index in [1.807, 2.05) is 0 Å². The Morgan fingerprint density at radius 2 is 2.09 bits per heavy atom. The Labute approximate surface area is 123 Å². The fraction of sp³-hybridized carbons (Fsp3) is 0.0769. The average Bonchev–Trinajstić information content (AvgIpc) is 2.96. The molecule has 2 rings (SSSR count). The first kappa shape index (κ1) is 15.2. The van der Waals surface area contributed by atoms with Crippen LogP contribution in [0.15, 0.2) is 45.9 Å². The maximum atomic E-state index is 12.7. The monoisotopic (exact) mass is 307 g/mol. The minimum absolute atomic E-state index is 0.117. The van der Waals surface area contributed by atoms with E-state index in [9.17, 15) is 19.3 Å². The number of ether oxygens (including phenoxy) is 1. The number of rotatable bonds is 6. The molecule has 0 saturated heterocycles. The Morgan fingerprint density at radius 1 is 1.36 bits per heavy atom. The third-order valence-corrected chi connectivity index (χ3v) is 2.36. The van der Waals surface area contributed by atoms with Crippen LogP contribution in [-0.2, 0) is 4.79 Å². The van der Waals surface area contributed by atoms with E-state index < -0.39 is 22.5 Å². The summed E-state index contributed by atoms with van der Waals surface area (Å²) in [6, 6.07) is 7.68. The van der Waals surface area contributed by atoms with Crippen LogP contribution in [0.2, 0.25) is 0 Å². The summed E-state index contributed by atoms with van der Waals surface area (Å²) in [5, 5.41) is 14.0. The summed E-state index contributed by atoms with van der Waals surface area (Å²) >= 11 is 0. The lowest BCUT2D eigenvalue weighted by Gasteiger charge is -2.04. The molecule has 114 valence electrons. The first-order valence-electron chi connectivity index (χ1n) is 5.99. The van der Waals surface area contributed by atoms with E-state index in [4.69, 9.17) is 9.15 Å². The standard InChI is InChI=1S/C13H10FN3O5/c14-9-1-3-10(4-2-9)21-8-12(18)16-15-7-11-5-6-13(22-11)17(19)20/h1-7H,8H2,(H,16,18). The molecule has 2 aromatic rings. The van der Waals surface area contributed by atoms with Gasteiger partial charge in [-0.15, -0.1) is 0 Å². The number of furan rings is 1. The Hall–Kier alpha value is -3.23. The highest BCUT2D eigenvalue weighted by atomic mass is 19.1. The number of hydrogen-bond acceptors (Lipinski definition) is 6. The summed E-state index contributed by atoms with van der Waals surface area (Å²) in [7, 11) is 0. The number of nitro groups is 1. The van der Waals surface area contributed by atoms with Gasteiger partial charge in [0.1, 0.15) is 16.5 Å². The van der Waals surface area contributed by atoms with Gasteiger partial charge >= 0.3 is 5.88 Å². The van der Waals surface area contributed by atoms with Gasteiger partial charge in [-0.05, 0) is 30.3 Å². The molecule has 0 atom stereocenters. The van der Waals surface area contributed by atoms with Crippen molar-refractivity contribution in [2.24, 2.45) is 5.10 Å². The molecule has 22 heavy (non-hydrogen) atoms. The van der Waals surface area contributed by atoms with Gasteiger partial charge in [0.25, 0.3) is 5.91 Å². The van der Waals surface area contributed by atoms with Crippen LogP contribution in [-0.4, -0.2) is 23.7 Å². The second kappa shape index (κ2) is 6.97. The van der Waals surface area contributed by atoms with Crippen LogP contribution in [0.25, 0.3) is 0 Å². The van der Waals surface area contributed by atoms with E-state index in [0.717, 1.165) is 6.21 Å². The van der Waals surface area contributed by atoms with Gasteiger partial charge in [-0.25, -0.2) is 9.82 Å². The van der Waals surface area contributed by atoms with Crippen LogP contribution in [0, 0.1) is 15.9 Å². The Balaban J connectivity index is 1.78. The Morgan fingerprint density at radius 3 is 2.73 bits per heavy atom. The van der Waals surface area contributed by atoms with Crippen LogP contribution >= 0.6 is 0 Å². The molecular weight excluding hydrogens is 297 g/mol. The second-order valence-electron chi connectivity index (χ2n) is 3.97. The highest BCUT2D eigenvalue weighted by Crippen LogP contribution is 2.13. The lowest BCUT2D eigenvalue weighted by Crippen LogP contribution is -2.24. The van der Waals surface area contributed by atoms with Gasteiger partial charge in [-0.2, -0.15) is 5.10 Å². The zero-order chi connectivity index (χ0) is 15.9. The van der Waals surface area contributed by atoms with Crippen LogP contribution in [0.4, 0.5) is 10.3 Å². The van der Waals surface area contributed by atoms with E-state index >= 15 is 0 Å². The lowest BCUT2D eigenvalue weighted by molar-refractivity contribution is -0.402. The van der Waals surface area contributed by atoms with Gasteiger partial charge < -0.3 is 9.15 Å². The summed E-state index contributed by atoms with van der Waals surface area (Å²) in [5.41, 5.74) is 2.15. The molecule has 9 heteroatoms. The zero-order valence-corrected chi connectivity index (χ0v) is 11.1. The van der Waals surface area contributed by atoms with E-state index in [2.05, 4.69) is 10.5 Å². The molecule has 1 aromatic carbocycles. The molecule has 1 N–H and O–H groups in total. The fourth-order valence-electron chi connectivity index (χ4n) is 1.39. The molecule has 0 radical (unpaired) electrons. The van der Waals surface area contributed by atoms with Crippen molar-refractivity contribution in [1.29, 1.82) is 0 Å². The normalized spacial score (nSPS) is 10.6. The van der Waals surface area contributed by atoms with Gasteiger partial charge in [0.15, 0.2) is 12.4 Å². The van der Waals surface area contributed by atoms with Crippen molar-refractivity contribution in [3.63, 3.8) is 0 Å². The van der Waals surface area contributed by atoms with Crippen molar-refractivity contribution in [3.05, 3.63) is 58.1 Å². The van der Waals surface area contributed by atoms with Crippen LogP contribution < -0.4 is 10.2 Å². The highest BCUT2D eigenvalue weighted by molar-refractivity contribution is 5.81. The quantitative estimate of drug-likeness (QED) is 0.498. The molecule has 0 unspecified atom stereocenters. The minimum atomic E-state index is -0.688. The Bertz CT molecular complexity index is 696. The summed E-state index contributed by atoms with van der Waals surface area (Å²) in [6.07, 6.45) is 1.11. The van der Waals surface area contributed by atoms with Gasteiger partial charge in [0.05, 0.1) is 12.3 Å². The zero-order valence-electron chi connectivity index (χ0n) is 11.1. The van der Waals surface area contributed by atoms with E-state index in [-0.39, 0.29) is 12.4 Å². The van der Waals surface area contributed by atoms with Crippen molar-refractivity contribution in [2.45, 2.75) is 0 Å². The van der Waals surface area contributed by atoms with Crippen molar-refractivity contribution >= 4 is 18.0 Å². The molecule has 0 aliphatic rings. The van der Waals surface area contributed by atoms with Crippen LogP contribution in [0.1, 0.15) is 5.76 Å². The number of benzene rings is 1. The molecule has 0 fully saturated rings. The van der Waals surface area contributed by atoms with E-state index in [1.165, 1.54) is 36.4 Å². The van der Waals surface area contributed by atoms with Crippen LogP contribution in [0.3, 0.4) is 0 Å². The average molecular weight is 307 g/mol. The first-order valence-corrected chi connectivity index (χ1v) is 5.99. The Kier molecular flexibility index (Phi) is 4.81. The van der Waals surface area contributed by atoms with Gasteiger partial charge in [0, 0.05) is 0 Å². The third kappa shape index (κ3) is 4.40. The third-order valence-electron chi connectivity index (χ3n) is 2.36. The molecule has 0 spiro atoms. The largest absolute Gasteiger partial charge is 0.484 e. The van der Waals surface area contributed by atoms with Crippen molar-refractivity contribution in [3.8, 4) is 5.75 Å². The van der Waals surface area contributed by atoms with E-state index in [0.29, 0.717) is 5.75 Å². The number of halogens is 1. The lowest BCUT2D eigenvalue weighted by atomic mass is 10.3. The maximum Gasteiger partial charge on any atom is 0.433 e. The topological polar surface area (TPSA) is 107 Å². The van der Waals surface area contributed by atoms with Crippen LogP contribution in [0.5, 0.6) is 5.75 Å². The number of amides is 1. The van der Waals surface area contributed by atoms with Gasteiger partial charge in [-0.1, -0.05) is 0 Å². The SMILES string of the molecule is O=C(COc1ccc(F)cc1)NN=Cc1ccc([N+](=O)[O-])o1. The van der Waals surface area contributed by atoms with Gasteiger partial charge in [-0.3, -0.25) is 14.9 Å². The summed E-state index contributed by atoms with van der Waals surface area (Å²) in [5.74, 6) is -0.934. The molecule has 1 amide bonds. The van der Waals surface area contributed by atoms with Crippen molar-refractivity contribution in [1.82, 2.24) is 5.43 Å². The molecule has 1 aromatic heterocycles. The number of hydrazone groups is 1. The van der Waals surface area contributed by atoms with Crippen molar-refractivity contribution in [2.75, 3.05) is 6.61 Å². The van der Waals surface area contributed by atoms with Crippen molar-refractivity contribution < 1.29 is 23.3 Å². The predicted octanol–water partition coefficient (Wildman–Crippen LogP) is 1.86. The molecule has 8 nitrogen and oxygen atoms in total. The highest BCUT2D eigenvalue weighted by Gasteiger charge is 2.10. The second-order valence-corrected chi connectivity index (χ2v) is 3.97. The minimum Gasteiger partial charge on any atom is -0.484 e. The molecule has 0 aliphatic heterocycles. The number of carbonyl (C=O) groups is 1. The first-order chi connectivity index (χ1) is 10.5. The van der Waals surface area contributed by atoms with Gasteiger partial charge in [0.2, 0.25) is 0 Å². The smallest absolute Gasteiger partial charge is 0.433 e. The van der Waals surface area contributed by atoms with E-state index in [1.54, 1.807) is 0 Å². The molecule has 1 heterocycles. The predicted molar refractivity (Wildman–Crippen MR) is 73.0 cm³/mol. The number of nitrogens with zero attached hydrogens (tertiary/aromatic N) is 2. The molecule has 0 saturated carbocycles. The number of hydrogen-bond donors (Lipinski definition) is 1. The molecule has 0 bridgehead atoms. The fourth-order valence-corrected chi connectivity index (χ4v) is 1.39. The summed E-state index contributed by atoms with van der Waals surface area (Å²) < 4.78 is 22.6.